The highest BCUT2D eigenvalue weighted by Crippen LogP contribution is 2.12. The molecule has 0 spiro atoms. The highest BCUT2D eigenvalue weighted by Gasteiger charge is 2.03. The maximum Gasteiger partial charge on any atom is 0.264 e. The van der Waals surface area contributed by atoms with E-state index < -0.39 is 10.1 Å². The zero-order valence-electron chi connectivity index (χ0n) is 11.5. The van der Waals surface area contributed by atoms with Crippen LogP contribution in [0.15, 0.2) is 0 Å². The molecular formula is C13H28O4S. The summed E-state index contributed by atoms with van der Waals surface area (Å²) in [5.74, 6) is -0.115. The maximum absolute atomic E-state index is 10.5. The third-order valence-corrected chi connectivity index (χ3v) is 3.87. The molecule has 0 aromatic rings. The molecule has 0 rings (SSSR count). The van der Waals surface area contributed by atoms with Gasteiger partial charge in [0, 0.05) is 0 Å². The van der Waals surface area contributed by atoms with E-state index in [2.05, 4.69) is 6.92 Å². The van der Waals surface area contributed by atoms with Crippen molar-refractivity contribution in [1.29, 1.82) is 0 Å². The second-order valence-corrected chi connectivity index (χ2v) is 6.56. The van der Waals surface area contributed by atoms with Crippen LogP contribution < -0.4 is 0 Å². The molecule has 110 valence electrons. The summed E-state index contributed by atoms with van der Waals surface area (Å²) < 4.78 is 29.4. The van der Waals surface area contributed by atoms with Gasteiger partial charge in [-0.3, -0.25) is 4.55 Å². The summed E-state index contributed by atoms with van der Waals surface area (Å²) in [6.07, 6.45) is 9.59. The molecule has 1 atom stereocenters. The minimum Gasteiger partial charge on any atom is -0.393 e. The molecule has 0 heterocycles. The average Bonchev–Trinajstić information content (AvgIpc) is 2.25. The first kappa shape index (κ1) is 17.9. The summed E-state index contributed by atoms with van der Waals surface area (Å²) in [5.41, 5.74) is 0. The Morgan fingerprint density at radius 2 is 1.39 bits per heavy atom. The largest absolute Gasteiger partial charge is 0.393 e. The van der Waals surface area contributed by atoms with Gasteiger partial charge in [0.25, 0.3) is 10.1 Å². The highest BCUT2D eigenvalue weighted by atomic mass is 32.2. The Hall–Kier alpha value is -0.130. The molecule has 0 radical (unpaired) electrons. The predicted molar refractivity (Wildman–Crippen MR) is 74.3 cm³/mol. The Kier molecular flexibility index (Phi) is 10.7. The molecule has 0 aromatic carbocycles. The minimum atomic E-state index is -3.77. The van der Waals surface area contributed by atoms with Gasteiger partial charge < -0.3 is 5.11 Å². The number of rotatable bonds is 12. The molecule has 4 nitrogen and oxygen atoms in total. The van der Waals surface area contributed by atoms with E-state index in [9.17, 15) is 13.5 Å². The molecule has 0 aliphatic rings. The summed E-state index contributed by atoms with van der Waals surface area (Å²) in [4.78, 5) is 0. The zero-order valence-corrected chi connectivity index (χ0v) is 12.3. The highest BCUT2D eigenvalue weighted by molar-refractivity contribution is 7.85. The molecule has 0 aliphatic carbocycles. The lowest BCUT2D eigenvalue weighted by atomic mass is 10.0. The first-order chi connectivity index (χ1) is 8.45. The van der Waals surface area contributed by atoms with Crippen molar-refractivity contribution < 1.29 is 18.1 Å². The monoisotopic (exact) mass is 280 g/mol. The summed E-state index contributed by atoms with van der Waals surface area (Å²) in [7, 11) is -3.77. The SMILES string of the molecule is CCCC(O)CCCCCCCCCS(=O)(=O)O. The van der Waals surface area contributed by atoms with Crippen LogP contribution in [0.25, 0.3) is 0 Å². The van der Waals surface area contributed by atoms with Gasteiger partial charge in [-0.1, -0.05) is 51.9 Å². The first-order valence-corrected chi connectivity index (χ1v) is 8.70. The van der Waals surface area contributed by atoms with Crippen LogP contribution in [0.2, 0.25) is 0 Å². The van der Waals surface area contributed by atoms with Gasteiger partial charge in [0.15, 0.2) is 0 Å². The fraction of sp³-hybridized carbons (Fsp3) is 1.00. The van der Waals surface area contributed by atoms with Crippen molar-refractivity contribution in [3.8, 4) is 0 Å². The van der Waals surface area contributed by atoms with Crippen molar-refractivity contribution in [2.75, 3.05) is 5.75 Å². The van der Waals surface area contributed by atoms with Crippen molar-refractivity contribution in [2.24, 2.45) is 0 Å². The Morgan fingerprint density at radius 3 is 1.89 bits per heavy atom. The van der Waals surface area contributed by atoms with E-state index in [1.165, 1.54) is 0 Å². The number of aliphatic hydroxyl groups excluding tert-OH is 1. The standard InChI is InChI=1S/C13H28O4S/c1-2-10-13(14)11-8-6-4-3-5-7-9-12-18(15,16)17/h13-14H,2-12H2,1H3,(H,15,16,17). The van der Waals surface area contributed by atoms with E-state index in [-0.39, 0.29) is 11.9 Å². The second-order valence-electron chi connectivity index (χ2n) is 4.99. The van der Waals surface area contributed by atoms with E-state index in [1.54, 1.807) is 0 Å². The lowest BCUT2D eigenvalue weighted by molar-refractivity contribution is 0.150. The van der Waals surface area contributed by atoms with E-state index in [0.29, 0.717) is 6.42 Å². The van der Waals surface area contributed by atoms with Crippen LogP contribution in [0.1, 0.15) is 71.1 Å². The Balaban J connectivity index is 3.17. The minimum absolute atomic E-state index is 0.115. The quantitative estimate of drug-likeness (QED) is 0.425. The van der Waals surface area contributed by atoms with Crippen LogP contribution in [-0.2, 0) is 10.1 Å². The van der Waals surface area contributed by atoms with Crippen molar-refractivity contribution in [3.05, 3.63) is 0 Å². The molecule has 0 saturated carbocycles. The van der Waals surface area contributed by atoms with Crippen LogP contribution in [-0.4, -0.2) is 29.9 Å². The van der Waals surface area contributed by atoms with Gasteiger partial charge in [0.2, 0.25) is 0 Å². The third kappa shape index (κ3) is 13.9. The van der Waals surface area contributed by atoms with Gasteiger partial charge in [-0.2, -0.15) is 8.42 Å². The Labute approximate surface area is 112 Å². The molecular weight excluding hydrogens is 252 g/mol. The zero-order chi connectivity index (χ0) is 13.9. The van der Waals surface area contributed by atoms with Gasteiger partial charge >= 0.3 is 0 Å². The Bertz CT molecular complexity index is 275. The fourth-order valence-corrected chi connectivity index (χ4v) is 2.59. The molecule has 0 fully saturated rings. The molecule has 5 heteroatoms. The molecule has 0 amide bonds. The fourth-order valence-electron chi connectivity index (χ4n) is 2.03. The second kappa shape index (κ2) is 10.8. The maximum atomic E-state index is 10.5. The molecule has 0 aromatic heterocycles. The van der Waals surface area contributed by atoms with E-state index in [1.807, 2.05) is 0 Å². The van der Waals surface area contributed by atoms with Gasteiger partial charge in [-0.15, -0.1) is 0 Å². The summed E-state index contributed by atoms with van der Waals surface area (Å²) in [6.45, 7) is 2.08. The van der Waals surface area contributed by atoms with Crippen LogP contribution in [0.4, 0.5) is 0 Å². The van der Waals surface area contributed by atoms with Crippen LogP contribution in [0, 0.1) is 0 Å². The Morgan fingerprint density at radius 1 is 0.889 bits per heavy atom. The lowest BCUT2D eigenvalue weighted by Gasteiger charge is -2.08. The van der Waals surface area contributed by atoms with E-state index in [4.69, 9.17) is 4.55 Å². The van der Waals surface area contributed by atoms with Gasteiger partial charge in [-0.05, 0) is 19.3 Å². The van der Waals surface area contributed by atoms with Crippen molar-refractivity contribution in [1.82, 2.24) is 0 Å². The average molecular weight is 280 g/mol. The first-order valence-electron chi connectivity index (χ1n) is 7.09. The molecule has 0 saturated heterocycles. The van der Waals surface area contributed by atoms with Crippen molar-refractivity contribution in [2.45, 2.75) is 77.2 Å². The molecule has 0 bridgehead atoms. The number of aliphatic hydroxyl groups is 1. The summed E-state index contributed by atoms with van der Waals surface area (Å²) >= 11 is 0. The molecule has 18 heavy (non-hydrogen) atoms. The number of hydrogen-bond donors (Lipinski definition) is 2. The molecule has 0 aliphatic heterocycles. The van der Waals surface area contributed by atoms with Gasteiger partial charge in [-0.25, -0.2) is 0 Å². The van der Waals surface area contributed by atoms with Gasteiger partial charge in [0.05, 0.1) is 11.9 Å². The number of unbranched alkanes of at least 4 members (excludes halogenated alkanes) is 6. The summed E-state index contributed by atoms with van der Waals surface area (Å²) in [5, 5.41) is 9.52. The third-order valence-electron chi connectivity index (χ3n) is 3.06. The lowest BCUT2D eigenvalue weighted by Crippen LogP contribution is -2.05. The topological polar surface area (TPSA) is 74.6 Å². The molecule has 2 N–H and O–H groups in total. The molecule has 1 unspecified atom stereocenters. The predicted octanol–water partition coefficient (Wildman–Crippen LogP) is 3.16. The van der Waals surface area contributed by atoms with Crippen molar-refractivity contribution >= 4 is 10.1 Å². The smallest absolute Gasteiger partial charge is 0.264 e. The van der Waals surface area contributed by atoms with Gasteiger partial charge in [0.1, 0.15) is 0 Å². The van der Waals surface area contributed by atoms with Crippen LogP contribution >= 0.6 is 0 Å². The van der Waals surface area contributed by atoms with Crippen molar-refractivity contribution in [3.63, 3.8) is 0 Å². The number of hydrogen-bond acceptors (Lipinski definition) is 3. The normalized spacial score (nSPS) is 13.7. The van der Waals surface area contributed by atoms with E-state index >= 15 is 0 Å². The van der Waals surface area contributed by atoms with Crippen LogP contribution in [0.3, 0.4) is 0 Å². The summed E-state index contributed by atoms with van der Waals surface area (Å²) in [6, 6.07) is 0. The van der Waals surface area contributed by atoms with E-state index in [0.717, 1.165) is 57.8 Å². The van der Waals surface area contributed by atoms with Crippen LogP contribution in [0.5, 0.6) is 0 Å².